The molecule has 82 valence electrons. The van der Waals surface area contributed by atoms with E-state index in [-0.39, 0.29) is 0 Å². The largest absolute Gasteiger partial charge is 0.354 e. The minimum absolute atomic E-state index is 1.02. The lowest BCUT2D eigenvalue weighted by Gasteiger charge is -2.02. The lowest BCUT2D eigenvalue weighted by molar-refractivity contribution is 0.594. The predicted octanol–water partition coefficient (Wildman–Crippen LogP) is 1.51. The van der Waals surface area contributed by atoms with Crippen molar-refractivity contribution in [2.24, 2.45) is 4.99 Å². The molecular formula is C11H18N4. The van der Waals surface area contributed by atoms with Crippen molar-refractivity contribution in [1.29, 1.82) is 5.41 Å². The third-order valence-electron chi connectivity index (χ3n) is 2.09. The van der Waals surface area contributed by atoms with E-state index in [2.05, 4.69) is 21.8 Å². The number of nitrogens with one attached hydrogen (secondary N) is 2. The smallest absolute Gasteiger partial charge is 0.106 e. The van der Waals surface area contributed by atoms with Gasteiger partial charge in [-0.3, -0.25) is 5.41 Å². The molecule has 0 spiro atoms. The molecule has 0 atom stereocenters. The van der Waals surface area contributed by atoms with Crippen molar-refractivity contribution in [2.75, 3.05) is 13.1 Å². The molecule has 0 bridgehead atoms. The Kier molecular flexibility index (Phi) is 5.40. The standard InChI is InChI=1S/C11H18N4/c1-2-13-5-3-6-15-7-4-11(9-15)8-14-10-12/h4,7-10,12-13H,2-3,5-6H2,1H3/b12-10?,14-8-. The average Bonchev–Trinajstić information content (AvgIpc) is 2.69. The highest BCUT2D eigenvalue weighted by Gasteiger charge is 1.93. The minimum Gasteiger partial charge on any atom is -0.354 e. The van der Waals surface area contributed by atoms with Gasteiger partial charge in [0.1, 0.15) is 6.34 Å². The van der Waals surface area contributed by atoms with Crippen LogP contribution in [0.1, 0.15) is 18.9 Å². The maximum atomic E-state index is 6.78. The molecule has 1 aromatic heterocycles. The molecule has 0 aliphatic rings. The van der Waals surface area contributed by atoms with Crippen LogP contribution in [0.5, 0.6) is 0 Å². The maximum absolute atomic E-state index is 6.78. The zero-order chi connectivity index (χ0) is 10.9. The van der Waals surface area contributed by atoms with E-state index in [1.54, 1.807) is 6.21 Å². The number of aliphatic imine (C=N–C) groups is 1. The molecule has 4 nitrogen and oxygen atoms in total. The van der Waals surface area contributed by atoms with Gasteiger partial charge in [-0.2, -0.15) is 0 Å². The zero-order valence-electron chi connectivity index (χ0n) is 9.11. The Bertz CT molecular complexity index is 314. The van der Waals surface area contributed by atoms with Crippen LogP contribution in [0.25, 0.3) is 0 Å². The van der Waals surface area contributed by atoms with Crippen LogP contribution >= 0.6 is 0 Å². The van der Waals surface area contributed by atoms with Crippen molar-refractivity contribution >= 4 is 12.6 Å². The number of hydrogen-bond donors (Lipinski definition) is 2. The van der Waals surface area contributed by atoms with Crippen LogP contribution in [0.15, 0.2) is 23.5 Å². The molecule has 0 saturated heterocycles. The molecule has 0 amide bonds. The summed E-state index contributed by atoms with van der Waals surface area (Å²) in [6.45, 7) is 5.22. The molecule has 2 N–H and O–H groups in total. The lowest BCUT2D eigenvalue weighted by Crippen LogP contribution is -2.15. The summed E-state index contributed by atoms with van der Waals surface area (Å²) in [6, 6.07) is 2.00. The number of rotatable bonds is 7. The molecule has 1 heterocycles. The monoisotopic (exact) mass is 206 g/mol. The first-order chi connectivity index (χ1) is 7.36. The van der Waals surface area contributed by atoms with E-state index < -0.39 is 0 Å². The zero-order valence-corrected chi connectivity index (χ0v) is 9.11. The van der Waals surface area contributed by atoms with Gasteiger partial charge in [0, 0.05) is 30.7 Å². The van der Waals surface area contributed by atoms with Crippen molar-refractivity contribution in [3.05, 3.63) is 24.0 Å². The molecule has 0 aliphatic heterocycles. The summed E-state index contributed by atoms with van der Waals surface area (Å²) in [5, 5.41) is 10.1. The normalized spacial score (nSPS) is 11.0. The van der Waals surface area contributed by atoms with Crippen molar-refractivity contribution < 1.29 is 0 Å². The van der Waals surface area contributed by atoms with Gasteiger partial charge < -0.3 is 9.88 Å². The molecule has 0 unspecified atom stereocenters. The first-order valence-electron chi connectivity index (χ1n) is 5.25. The summed E-state index contributed by atoms with van der Waals surface area (Å²) in [7, 11) is 0. The van der Waals surface area contributed by atoms with Crippen LogP contribution in [-0.4, -0.2) is 30.2 Å². The first-order valence-corrected chi connectivity index (χ1v) is 5.25. The second-order valence-corrected chi connectivity index (χ2v) is 3.30. The van der Waals surface area contributed by atoms with Gasteiger partial charge in [-0.15, -0.1) is 0 Å². The lowest BCUT2D eigenvalue weighted by atomic mass is 10.4. The van der Waals surface area contributed by atoms with E-state index in [0.717, 1.165) is 38.0 Å². The number of nitrogens with zero attached hydrogens (tertiary/aromatic N) is 2. The number of aromatic nitrogens is 1. The molecule has 0 saturated carbocycles. The number of hydrogen-bond acceptors (Lipinski definition) is 2. The Balaban J connectivity index is 2.32. The molecule has 15 heavy (non-hydrogen) atoms. The highest BCUT2D eigenvalue weighted by molar-refractivity contribution is 5.84. The Morgan fingerprint density at radius 3 is 3.20 bits per heavy atom. The molecule has 1 rings (SSSR count). The Hall–Kier alpha value is -1.42. The van der Waals surface area contributed by atoms with Crippen molar-refractivity contribution in [1.82, 2.24) is 9.88 Å². The first kappa shape index (κ1) is 11.7. The summed E-state index contributed by atoms with van der Waals surface area (Å²) in [5.41, 5.74) is 1.04. The highest BCUT2D eigenvalue weighted by atomic mass is 14.9. The van der Waals surface area contributed by atoms with Crippen LogP contribution < -0.4 is 5.32 Å². The van der Waals surface area contributed by atoms with Crippen molar-refractivity contribution in [2.45, 2.75) is 19.9 Å². The second-order valence-electron chi connectivity index (χ2n) is 3.30. The summed E-state index contributed by atoms with van der Waals surface area (Å²) in [6.07, 6.45) is 7.94. The fourth-order valence-electron chi connectivity index (χ4n) is 1.36. The van der Waals surface area contributed by atoms with Crippen LogP contribution in [0.2, 0.25) is 0 Å². The summed E-state index contributed by atoms with van der Waals surface area (Å²) < 4.78 is 2.14. The van der Waals surface area contributed by atoms with Gasteiger partial charge >= 0.3 is 0 Å². The molecular weight excluding hydrogens is 188 g/mol. The maximum Gasteiger partial charge on any atom is 0.106 e. The third kappa shape index (κ3) is 4.56. The predicted molar refractivity (Wildman–Crippen MR) is 64.0 cm³/mol. The van der Waals surface area contributed by atoms with Crippen LogP contribution in [0.3, 0.4) is 0 Å². The molecule has 0 radical (unpaired) electrons. The van der Waals surface area contributed by atoms with E-state index in [1.807, 2.05) is 18.5 Å². The average molecular weight is 206 g/mol. The van der Waals surface area contributed by atoms with Gasteiger partial charge in [-0.25, -0.2) is 4.99 Å². The molecule has 0 aliphatic carbocycles. The fourth-order valence-corrected chi connectivity index (χ4v) is 1.36. The van der Waals surface area contributed by atoms with Crippen LogP contribution in [0.4, 0.5) is 0 Å². The summed E-state index contributed by atoms with van der Waals surface area (Å²) in [5.74, 6) is 0. The molecule has 0 fully saturated rings. The van der Waals surface area contributed by atoms with E-state index in [0.29, 0.717) is 0 Å². The van der Waals surface area contributed by atoms with E-state index >= 15 is 0 Å². The number of aryl methyl sites for hydroxylation is 1. The van der Waals surface area contributed by atoms with Gasteiger partial charge in [0.05, 0.1) is 0 Å². The third-order valence-corrected chi connectivity index (χ3v) is 2.09. The summed E-state index contributed by atoms with van der Waals surface area (Å²) in [4.78, 5) is 3.76. The van der Waals surface area contributed by atoms with E-state index in [9.17, 15) is 0 Å². The van der Waals surface area contributed by atoms with Gasteiger partial charge in [0.25, 0.3) is 0 Å². The second kappa shape index (κ2) is 6.95. The molecule has 0 aromatic carbocycles. The Labute approximate surface area is 90.5 Å². The SMILES string of the molecule is CCNCCCn1ccc(/C=N\C=N)c1. The quantitative estimate of drug-likeness (QED) is 0.396. The molecule has 1 aromatic rings. The van der Waals surface area contributed by atoms with Gasteiger partial charge in [-0.05, 0) is 25.6 Å². The minimum atomic E-state index is 1.02. The Morgan fingerprint density at radius 2 is 2.47 bits per heavy atom. The fraction of sp³-hybridized carbons (Fsp3) is 0.455. The van der Waals surface area contributed by atoms with Crippen molar-refractivity contribution in [3.63, 3.8) is 0 Å². The Morgan fingerprint density at radius 1 is 1.60 bits per heavy atom. The summed E-state index contributed by atoms with van der Waals surface area (Å²) >= 11 is 0. The van der Waals surface area contributed by atoms with Crippen LogP contribution in [-0.2, 0) is 6.54 Å². The molecule has 4 heteroatoms. The topological polar surface area (TPSA) is 53.2 Å². The van der Waals surface area contributed by atoms with Crippen molar-refractivity contribution in [3.8, 4) is 0 Å². The van der Waals surface area contributed by atoms with Gasteiger partial charge in [0.15, 0.2) is 0 Å². The van der Waals surface area contributed by atoms with E-state index in [1.165, 1.54) is 0 Å². The van der Waals surface area contributed by atoms with Gasteiger partial charge in [-0.1, -0.05) is 6.92 Å². The highest BCUT2D eigenvalue weighted by Crippen LogP contribution is 1.99. The van der Waals surface area contributed by atoms with Gasteiger partial charge in [0.2, 0.25) is 0 Å². The van der Waals surface area contributed by atoms with Crippen LogP contribution in [0, 0.1) is 5.41 Å². The van der Waals surface area contributed by atoms with E-state index in [4.69, 9.17) is 5.41 Å².